The second-order valence-electron chi connectivity index (χ2n) is 5.84. The number of hydrogen-bond donors (Lipinski definition) is 1. The molecule has 134 valence electrons. The second-order valence-corrected chi connectivity index (χ2v) is 6.19. The number of carbonyl (C=O) groups excluding carboxylic acids is 1. The summed E-state index contributed by atoms with van der Waals surface area (Å²) in [7, 11) is 0. The predicted molar refractivity (Wildman–Crippen MR) is 101 cm³/mol. The molecule has 0 unspecified atom stereocenters. The molecular weight excluding hydrogens is 350 g/mol. The number of nitrogens with one attached hydrogen (secondary N) is 1. The zero-order chi connectivity index (χ0) is 18.5. The van der Waals surface area contributed by atoms with E-state index in [0.717, 1.165) is 22.6 Å². The van der Waals surface area contributed by atoms with E-state index in [0.29, 0.717) is 5.89 Å². The number of carbonyl (C=O) groups is 1. The summed E-state index contributed by atoms with van der Waals surface area (Å²) in [6.45, 7) is 4.00. The van der Waals surface area contributed by atoms with E-state index in [1.807, 2.05) is 62.4 Å². The van der Waals surface area contributed by atoms with Crippen molar-refractivity contribution < 1.29 is 13.9 Å². The number of anilines is 1. The van der Waals surface area contributed by atoms with Gasteiger partial charge in [0.25, 0.3) is 10.7 Å². The molecule has 0 atom stereocenters. The van der Waals surface area contributed by atoms with Gasteiger partial charge in [0.15, 0.2) is 6.61 Å². The monoisotopic (exact) mass is 369 g/mol. The first-order chi connectivity index (χ1) is 12.5. The number of para-hydroxylation sites is 2. The summed E-state index contributed by atoms with van der Waals surface area (Å²) < 4.78 is 12.5. The summed E-state index contributed by atoms with van der Waals surface area (Å²) in [5.74, 6) is 0.845. The summed E-state index contributed by atoms with van der Waals surface area (Å²) in [5, 5.41) is 7.06. The molecule has 0 spiro atoms. The third-order valence-electron chi connectivity index (χ3n) is 3.81. The molecule has 1 heterocycles. The van der Waals surface area contributed by atoms with Gasteiger partial charge in [-0.1, -0.05) is 36.4 Å². The third-order valence-corrected chi connectivity index (χ3v) is 4.10. The van der Waals surface area contributed by atoms with Crippen LogP contribution in [0.25, 0.3) is 0 Å². The smallest absolute Gasteiger partial charge is 0.287 e. The fourth-order valence-corrected chi connectivity index (χ4v) is 2.61. The molecule has 1 amide bonds. The highest BCUT2D eigenvalue weighted by Gasteiger charge is 2.11. The van der Waals surface area contributed by atoms with Gasteiger partial charge in [0.1, 0.15) is 12.3 Å². The first-order valence-electron chi connectivity index (χ1n) is 8.13. The van der Waals surface area contributed by atoms with E-state index in [-0.39, 0.29) is 23.9 Å². The van der Waals surface area contributed by atoms with Crippen LogP contribution in [-0.4, -0.2) is 15.7 Å². The molecule has 0 saturated heterocycles. The summed E-state index contributed by atoms with van der Waals surface area (Å²) >= 11 is 5.14. The Kier molecular flexibility index (Phi) is 5.48. The number of benzene rings is 2. The zero-order valence-electron chi connectivity index (χ0n) is 14.6. The van der Waals surface area contributed by atoms with Crippen LogP contribution in [0.15, 0.2) is 52.9 Å². The van der Waals surface area contributed by atoms with Crippen LogP contribution in [0.3, 0.4) is 0 Å². The van der Waals surface area contributed by atoms with Crippen molar-refractivity contribution in [3.63, 3.8) is 0 Å². The average Bonchev–Trinajstić information content (AvgIpc) is 2.96. The van der Waals surface area contributed by atoms with Gasteiger partial charge >= 0.3 is 0 Å². The van der Waals surface area contributed by atoms with Crippen LogP contribution in [0.5, 0.6) is 5.75 Å². The van der Waals surface area contributed by atoms with Gasteiger partial charge in [-0.15, -0.1) is 5.10 Å². The van der Waals surface area contributed by atoms with Crippen LogP contribution in [0, 0.1) is 18.7 Å². The Hall–Kier alpha value is -2.93. The molecule has 0 fully saturated rings. The molecule has 0 bridgehead atoms. The molecule has 0 radical (unpaired) electrons. The molecule has 6 nitrogen and oxygen atoms in total. The SMILES string of the molecule is Cc1ccccc1NC(=O)Cn1nc(COc2ccccc2C)oc1=S. The van der Waals surface area contributed by atoms with E-state index in [9.17, 15) is 4.79 Å². The fourth-order valence-electron chi connectivity index (χ4n) is 2.40. The largest absolute Gasteiger partial charge is 0.484 e. The van der Waals surface area contributed by atoms with Crippen molar-refractivity contribution in [2.75, 3.05) is 5.32 Å². The Labute approximate surface area is 156 Å². The lowest BCUT2D eigenvalue weighted by Crippen LogP contribution is -2.20. The Bertz CT molecular complexity index is 978. The topological polar surface area (TPSA) is 69.3 Å². The molecule has 1 N–H and O–H groups in total. The van der Waals surface area contributed by atoms with Crippen molar-refractivity contribution in [3.05, 3.63) is 70.4 Å². The molecule has 0 aliphatic heterocycles. The van der Waals surface area contributed by atoms with Crippen molar-refractivity contribution in [3.8, 4) is 5.75 Å². The predicted octanol–water partition coefficient (Wildman–Crippen LogP) is 4.04. The van der Waals surface area contributed by atoms with E-state index in [2.05, 4.69) is 10.4 Å². The molecular formula is C19H19N3O3S. The molecule has 7 heteroatoms. The van der Waals surface area contributed by atoms with Gasteiger partial charge in [-0.05, 0) is 49.3 Å². The number of rotatable bonds is 6. The summed E-state index contributed by atoms with van der Waals surface area (Å²) in [4.78, 5) is 12.4. The lowest BCUT2D eigenvalue weighted by molar-refractivity contribution is -0.117. The first-order valence-corrected chi connectivity index (χ1v) is 8.54. The number of aryl methyl sites for hydroxylation is 2. The third kappa shape index (κ3) is 4.37. The normalized spacial score (nSPS) is 10.5. The number of nitrogens with zero attached hydrogens (tertiary/aromatic N) is 2. The van der Waals surface area contributed by atoms with E-state index in [1.54, 1.807) is 0 Å². The first kappa shape index (κ1) is 17.9. The Balaban J connectivity index is 1.63. The number of ether oxygens (including phenoxy) is 1. The van der Waals surface area contributed by atoms with Gasteiger partial charge in [-0.3, -0.25) is 4.79 Å². The quantitative estimate of drug-likeness (QED) is 0.664. The van der Waals surface area contributed by atoms with Gasteiger partial charge in [-0.25, -0.2) is 4.68 Å². The van der Waals surface area contributed by atoms with Crippen LogP contribution in [0.1, 0.15) is 17.0 Å². The van der Waals surface area contributed by atoms with E-state index in [4.69, 9.17) is 21.4 Å². The van der Waals surface area contributed by atoms with Crippen molar-refractivity contribution in [1.29, 1.82) is 0 Å². The Morgan fingerprint density at radius 2 is 1.85 bits per heavy atom. The van der Waals surface area contributed by atoms with Crippen LogP contribution in [0.4, 0.5) is 5.69 Å². The summed E-state index contributed by atoms with van der Waals surface area (Å²) in [6, 6.07) is 15.2. The standard InChI is InChI=1S/C19H19N3O3S/c1-13-7-3-5-9-15(13)20-17(23)11-22-19(26)25-18(21-22)12-24-16-10-6-4-8-14(16)2/h3-10H,11-12H2,1-2H3,(H,20,23). The number of amides is 1. The fraction of sp³-hybridized carbons (Fsp3) is 0.211. The van der Waals surface area contributed by atoms with E-state index >= 15 is 0 Å². The van der Waals surface area contributed by atoms with Crippen LogP contribution in [-0.2, 0) is 17.9 Å². The van der Waals surface area contributed by atoms with Crippen molar-refractivity contribution in [2.24, 2.45) is 0 Å². The summed E-state index contributed by atoms with van der Waals surface area (Å²) in [5.41, 5.74) is 2.76. The van der Waals surface area contributed by atoms with Gasteiger partial charge in [0.05, 0.1) is 0 Å². The van der Waals surface area contributed by atoms with Crippen molar-refractivity contribution >= 4 is 23.8 Å². The molecule has 3 aromatic rings. The van der Waals surface area contributed by atoms with Gasteiger partial charge < -0.3 is 14.5 Å². The minimum atomic E-state index is -0.227. The lowest BCUT2D eigenvalue weighted by atomic mass is 10.2. The molecule has 1 aromatic heterocycles. The molecule has 2 aromatic carbocycles. The molecule has 0 aliphatic carbocycles. The van der Waals surface area contributed by atoms with Gasteiger partial charge in [0.2, 0.25) is 5.91 Å². The lowest BCUT2D eigenvalue weighted by Gasteiger charge is -2.07. The summed E-state index contributed by atoms with van der Waals surface area (Å²) in [6.07, 6.45) is 0. The highest BCUT2D eigenvalue weighted by Crippen LogP contribution is 2.17. The maximum absolute atomic E-state index is 12.2. The minimum absolute atomic E-state index is 0.0268. The average molecular weight is 369 g/mol. The van der Waals surface area contributed by atoms with Gasteiger partial charge in [-0.2, -0.15) is 0 Å². The minimum Gasteiger partial charge on any atom is -0.484 e. The zero-order valence-corrected chi connectivity index (χ0v) is 15.4. The van der Waals surface area contributed by atoms with Crippen LogP contribution in [0.2, 0.25) is 0 Å². The molecule has 0 aliphatic rings. The van der Waals surface area contributed by atoms with Crippen molar-refractivity contribution in [1.82, 2.24) is 9.78 Å². The second kappa shape index (κ2) is 7.97. The van der Waals surface area contributed by atoms with Crippen molar-refractivity contribution in [2.45, 2.75) is 27.0 Å². The van der Waals surface area contributed by atoms with Gasteiger partial charge in [0, 0.05) is 5.69 Å². The van der Waals surface area contributed by atoms with E-state index in [1.165, 1.54) is 4.68 Å². The Morgan fingerprint density at radius 1 is 1.15 bits per heavy atom. The van der Waals surface area contributed by atoms with E-state index < -0.39 is 0 Å². The van der Waals surface area contributed by atoms with Crippen LogP contribution >= 0.6 is 12.2 Å². The molecule has 26 heavy (non-hydrogen) atoms. The Morgan fingerprint density at radius 3 is 2.58 bits per heavy atom. The highest BCUT2D eigenvalue weighted by atomic mass is 32.1. The van der Waals surface area contributed by atoms with Crippen LogP contribution < -0.4 is 10.1 Å². The number of aromatic nitrogens is 2. The molecule has 3 rings (SSSR count). The maximum atomic E-state index is 12.2. The maximum Gasteiger partial charge on any atom is 0.287 e. The molecule has 0 saturated carbocycles. The highest BCUT2D eigenvalue weighted by molar-refractivity contribution is 7.71. The number of hydrogen-bond acceptors (Lipinski definition) is 5.